The number of halogens is 1. The van der Waals surface area contributed by atoms with Gasteiger partial charge in [0.05, 0.1) is 29.7 Å². The minimum atomic E-state index is -3.46. The zero-order valence-corrected chi connectivity index (χ0v) is 25.5. The third-order valence-corrected chi connectivity index (χ3v) is 11.0. The van der Waals surface area contributed by atoms with Crippen LogP contribution in [0.5, 0.6) is 5.75 Å². The lowest BCUT2D eigenvalue weighted by molar-refractivity contribution is 0.000513. The van der Waals surface area contributed by atoms with Crippen molar-refractivity contribution >= 4 is 33.3 Å². The van der Waals surface area contributed by atoms with E-state index < -0.39 is 16.0 Å². The maximum Gasteiger partial charge on any atom is 0.335 e. The second-order valence-corrected chi connectivity index (χ2v) is 14.8. The molecule has 0 amide bonds. The van der Waals surface area contributed by atoms with Crippen LogP contribution in [0.2, 0.25) is 5.02 Å². The molecule has 3 N–H and O–H groups in total. The van der Waals surface area contributed by atoms with Crippen molar-refractivity contribution in [2.45, 2.75) is 56.5 Å². The van der Waals surface area contributed by atoms with Gasteiger partial charge < -0.3 is 19.5 Å². The van der Waals surface area contributed by atoms with Crippen LogP contribution in [0, 0.1) is 17.8 Å². The molecule has 4 aliphatic rings. The molecule has 6 rings (SSSR count). The second-order valence-electron chi connectivity index (χ2n) is 12.6. The summed E-state index contributed by atoms with van der Waals surface area (Å²) in [5.41, 5.74) is 4.64. The number of methoxy groups -OCH3 is 1. The van der Waals surface area contributed by atoms with E-state index in [2.05, 4.69) is 23.1 Å². The zero-order valence-electron chi connectivity index (χ0n) is 23.9. The zero-order chi connectivity index (χ0) is 29.6. The third-order valence-electron chi connectivity index (χ3n) is 9.94. The van der Waals surface area contributed by atoms with Gasteiger partial charge in [-0.3, -0.25) is 0 Å². The average molecular weight is 615 g/mol. The summed E-state index contributed by atoms with van der Waals surface area (Å²) in [5, 5.41) is 15.7. The topological polar surface area (TPSA) is 119 Å². The van der Waals surface area contributed by atoms with E-state index in [0.717, 1.165) is 68.1 Å². The minimum absolute atomic E-state index is 0.00297. The molecule has 1 heterocycles. The summed E-state index contributed by atoms with van der Waals surface area (Å²) in [6.45, 7) is 2.03. The molecule has 1 fully saturated rings. The van der Waals surface area contributed by atoms with Crippen molar-refractivity contribution in [3.8, 4) is 5.75 Å². The van der Waals surface area contributed by atoms with Gasteiger partial charge in [-0.2, -0.15) is 0 Å². The molecule has 1 aliphatic heterocycles. The van der Waals surface area contributed by atoms with Gasteiger partial charge in [-0.1, -0.05) is 23.7 Å². The van der Waals surface area contributed by atoms with Crippen molar-refractivity contribution in [1.29, 1.82) is 0 Å². The number of ether oxygens (including phenoxy) is 2. The van der Waals surface area contributed by atoms with Crippen LogP contribution in [0.15, 0.2) is 48.0 Å². The Morgan fingerprint density at radius 2 is 2.07 bits per heavy atom. The molecule has 0 saturated heterocycles. The summed E-state index contributed by atoms with van der Waals surface area (Å²) in [6.07, 6.45) is 8.68. The van der Waals surface area contributed by atoms with Crippen LogP contribution < -0.4 is 14.8 Å². The molecule has 0 aromatic heterocycles. The Morgan fingerprint density at radius 1 is 1.26 bits per heavy atom. The van der Waals surface area contributed by atoms with Crippen molar-refractivity contribution in [1.82, 2.24) is 0 Å². The summed E-state index contributed by atoms with van der Waals surface area (Å²) in [5.74, 6) is 0.684. The number of primary sulfonamides is 1. The van der Waals surface area contributed by atoms with Gasteiger partial charge in [-0.25, -0.2) is 18.4 Å². The molecule has 1 saturated carbocycles. The van der Waals surface area contributed by atoms with Crippen LogP contribution in [-0.2, 0) is 26.6 Å². The number of aryl methyl sites for hydroxylation is 1. The van der Waals surface area contributed by atoms with E-state index in [0.29, 0.717) is 24.9 Å². The van der Waals surface area contributed by atoms with Crippen molar-refractivity contribution < 1.29 is 27.8 Å². The fraction of sp³-hybridized carbons (Fsp3) is 0.531. The summed E-state index contributed by atoms with van der Waals surface area (Å²) < 4.78 is 35.3. The molecule has 0 radical (unpaired) electrons. The molecule has 0 bridgehead atoms. The van der Waals surface area contributed by atoms with E-state index in [1.165, 1.54) is 16.7 Å². The SMILES string of the molecule is CO[C@@H](C1=C[C@H](CCS(N)(=O)=O)C1)[C@@H]1CC[C@H]1CN1C[C@@]2(CCCc3cc(Cl)ccc32)COc2ccc(C(=O)O)cc21. The predicted octanol–water partition coefficient (Wildman–Crippen LogP) is 5.18. The number of nitrogens with zero attached hydrogens (tertiary/aromatic N) is 1. The average Bonchev–Trinajstić information content (AvgIpc) is 3.05. The van der Waals surface area contributed by atoms with Gasteiger partial charge >= 0.3 is 5.97 Å². The van der Waals surface area contributed by atoms with E-state index in [1.54, 1.807) is 25.3 Å². The highest BCUT2D eigenvalue weighted by molar-refractivity contribution is 7.89. The van der Waals surface area contributed by atoms with Crippen LogP contribution in [0.4, 0.5) is 5.69 Å². The minimum Gasteiger partial charge on any atom is -0.490 e. The number of sulfonamides is 1. The maximum atomic E-state index is 11.9. The Labute approximate surface area is 252 Å². The number of carbonyl (C=O) groups is 1. The van der Waals surface area contributed by atoms with Crippen molar-refractivity contribution in [2.75, 3.05) is 37.5 Å². The fourth-order valence-corrected chi connectivity index (χ4v) is 8.46. The predicted molar refractivity (Wildman–Crippen MR) is 163 cm³/mol. The van der Waals surface area contributed by atoms with Gasteiger partial charge in [-0.15, -0.1) is 0 Å². The summed E-state index contributed by atoms with van der Waals surface area (Å²) in [7, 11) is -1.71. The Hall–Kier alpha value is -2.59. The molecule has 226 valence electrons. The number of aromatic carboxylic acids is 1. The number of hydrogen-bond donors (Lipinski definition) is 2. The molecule has 3 aliphatic carbocycles. The van der Waals surface area contributed by atoms with E-state index in [-0.39, 0.29) is 28.8 Å². The first-order valence-electron chi connectivity index (χ1n) is 14.8. The molecular weight excluding hydrogens is 576 g/mol. The number of benzene rings is 2. The van der Waals surface area contributed by atoms with Gasteiger partial charge in [0.2, 0.25) is 10.0 Å². The number of carboxylic acids is 1. The molecule has 2 aromatic carbocycles. The number of hydrogen-bond acceptors (Lipinski definition) is 6. The smallest absolute Gasteiger partial charge is 0.335 e. The van der Waals surface area contributed by atoms with Crippen molar-refractivity contribution in [3.63, 3.8) is 0 Å². The van der Waals surface area contributed by atoms with Crippen LogP contribution in [-0.4, -0.2) is 58.2 Å². The van der Waals surface area contributed by atoms with Gasteiger partial charge in [0.25, 0.3) is 0 Å². The Kier molecular flexibility index (Phi) is 8.06. The van der Waals surface area contributed by atoms with Crippen molar-refractivity contribution in [2.24, 2.45) is 22.9 Å². The molecule has 8 nitrogen and oxygen atoms in total. The summed E-state index contributed by atoms with van der Waals surface area (Å²) >= 11 is 6.38. The van der Waals surface area contributed by atoms with Crippen LogP contribution in [0.1, 0.15) is 60.0 Å². The summed E-state index contributed by atoms with van der Waals surface area (Å²) in [4.78, 5) is 14.3. The lowest BCUT2D eigenvalue weighted by atomic mass is 9.65. The largest absolute Gasteiger partial charge is 0.490 e. The van der Waals surface area contributed by atoms with Gasteiger partial charge in [0, 0.05) is 30.6 Å². The number of nitrogens with two attached hydrogens (primary N) is 1. The van der Waals surface area contributed by atoms with Gasteiger partial charge in [0.15, 0.2) is 0 Å². The highest BCUT2D eigenvalue weighted by Crippen LogP contribution is 2.48. The summed E-state index contributed by atoms with van der Waals surface area (Å²) in [6, 6.07) is 11.4. The quantitative estimate of drug-likeness (QED) is 0.374. The van der Waals surface area contributed by atoms with Crippen LogP contribution >= 0.6 is 11.6 Å². The Bertz CT molecular complexity index is 1510. The van der Waals surface area contributed by atoms with Crippen LogP contribution in [0.25, 0.3) is 0 Å². The first-order chi connectivity index (χ1) is 20.0. The van der Waals surface area contributed by atoms with E-state index in [9.17, 15) is 18.3 Å². The molecule has 1 spiro atoms. The third kappa shape index (κ3) is 5.81. The number of carboxylic acid groups (broad SMARTS) is 1. The Balaban J connectivity index is 1.27. The lowest BCUT2D eigenvalue weighted by Gasteiger charge is -2.47. The molecule has 42 heavy (non-hydrogen) atoms. The highest BCUT2D eigenvalue weighted by Gasteiger charge is 2.45. The maximum absolute atomic E-state index is 11.9. The standard InChI is InChI=1S/C32H39ClN2O6S/c1-40-30(24-13-20(14-24)10-12-42(34,38)39)26-7-4-23(26)17-35-18-32(11-2-3-21-15-25(33)6-8-27(21)32)19-41-29-9-5-22(31(36)37)16-28(29)35/h5-6,8-9,13,15-16,20,23,26,30H,2-4,7,10-12,14,17-19H2,1H3,(H,36,37)(H2,34,38,39)/t20-,23-,26+,30-,32-/m0/s1. The van der Waals surface area contributed by atoms with Gasteiger partial charge in [0.1, 0.15) is 5.75 Å². The number of fused-ring (bicyclic) bond motifs is 3. The molecule has 0 unspecified atom stereocenters. The highest BCUT2D eigenvalue weighted by atomic mass is 35.5. The normalized spacial score (nSPS) is 27.5. The van der Waals surface area contributed by atoms with E-state index in [1.807, 2.05) is 6.07 Å². The molecular formula is C32H39ClN2O6S. The first kappa shape index (κ1) is 29.5. The second kappa shape index (κ2) is 11.5. The van der Waals surface area contributed by atoms with E-state index >= 15 is 0 Å². The fourth-order valence-electron chi connectivity index (χ4n) is 7.64. The monoisotopic (exact) mass is 614 g/mol. The van der Waals surface area contributed by atoms with Gasteiger partial charge in [-0.05, 0) is 110 Å². The molecule has 5 atom stereocenters. The number of rotatable bonds is 9. The molecule has 10 heteroatoms. The molecule has 2 aromatic rings. The van der Waals surface area contributed by atoms with Crippen LogP contribution in [0.3, 0.4) is 0 Å². The first-order valence-corrected chi connectivity index (χ1v) is 16.9. The van der Waals surface area contributed by atoms with Crippen molar-refractivity contribution in [3.05, 3.63) is 69.8 Å². The number of anilines is 1. The number of allylic oxidation sites excluding steroid dienone is 1. The lowest BCUT2D eigenvalue weighted by Crippen LogP contribution is -2.50. The Morgan fingerprint density at radius 3 is 2.76 bits per heavy atom. The van der Waals surface area contributed by atoms with E-state index in [4.69, 9.17) is 26.2 Å².